The second kappa shape index (κ2) is 7.77. The van der Waals surface area contributed by atoms with E-state index in [4.69, 9.17) is 9.47 Å². The third kappa shape index (κ3) is 4.18. The van der Waals surface area contributed by atoms with Crippen molar-refractivity contribution in [3.8, 4) is 11.5 Å². The summed E-state index contributed by atoms with van der Waals surface area (Å²) < 4.78 is 12.2. The summed E-state index contributed by atoms with van der Waals surface area (Å²) in [5, 5.41) is 12.4. The van der Waals surface area contributed by atoms with E-state index in [1.165, 1.54) is 0 Å². The number of aromatic nitrogens is 1. The largest absolute Gasteiger partial charge is 0.490 e. The van der Waals surface area contributed by atoms with Crippen LogP contribution in [0, 0.1) is 0 Å². The summed E-state index contributed by atoms with van der Waals surface area (Å²) >= 11 is 5.11. The molecule has 0 fully saturated rings. The maximum absolute atomic E-state index is 9.26. The molecular weight excluding hydrogens is 354 g/mol. The fourth-order valence-corrected chi connectivity index (χ4v) is 3.17. The molecule has 1 N–H and O–H groups in total. The van der Waals surface area contributed by atoms with Gasteiger partial charge in [0.2, 0.25) is 0 Å². The third-order valence-corrected chi connectivity index (χ3v) is 4.45. The topological polar surface area (TPSA) is 51.6 Å². The number of aryl methyl sites for hydroxylation is 1. The van der Waals surface area contributed by atoms with Crippen molar-refractivity contribution in [1.82, 2.24) is 4.98 Å². The summed E-state index contributed by atoms with van der Waals surface area (Å²) in [6.07, 6.45) is 0.934. The van der Waals surface area contributed by atoms with Gasteiger partial charge in [-0.25, -0.2) is 4.98 Å². The van der Waals surface area contributed by atoms with Gasteiger partial charge in [-0.3, -0.25) is 0 Å². The van der Waals surface area contributed by atoms with Crippen molar-refractivity contribution in [3.63, 3.8) is 0 Å². The van der Waals surface area contributed by atoms with E-state index in [0.717, 1.165) is 27.2 Å². The van der Waals surface area contributed by atoms with Crippen molar-refractivity contribution in [2.75, 3.05) is 6.61 Å². The fraction of sp³-hybridized carbons (Fsp3) is 0.400. The van der Waals surface area contributed by atoms with E-state index < -0.39 is 0 Å². The molecule has 2 rings (SSSR count). The molecule has 6 heteroatoms. The second-order valence-corrected chi connectivity index (χ2v) is 6.17. The molecule has 21 heavy (non-hydrogen) atoms. The summed E-state index contributed by atoms with van der Waals surface area (Å²) in [6.45, 7) is 4.89. The predicted molar refractivity (Wildman–Crippen MR) is 87.1 cm³/mol. The van der Waals surface area contributed by atoms with E-state index in [1.807, 2.05) is 18.4 Å². The number of hydrogen-bond acceptors (Lipinski definition) is 5. The Morgan fingerprint density at radius 1 is 1.29 bits per heavy atom. The van der Waals surface area contributed by atoms with Crippen LogP contribution < -0.4 is 9.47 Å². The molecule has 1 aromatic carbocycles. The Morgan fingerprint density at radius 3 is 2.71 bits per heavy atom. The Kier molecular flexibility index (Phi) is 6.02. The number of thiazole rings is 1. The second-order valence-electron chi connectivity index (χ2n) is 4.37. The predicted octanol–water partition coefficient (Wildman–Crippen LogP) is 3.94. The van der Waals surface area contributed by atoms with Crippen molar-refractivity contribution in [2.24, 2.45) is 0 Å². The van der Waals surface area contributed by atoms with E-state index in [-0.39, 0.29) is 6.61 Å². The number of aliphatic hydroxyl groups is 1. The van der Waals surface area contributed by atoms with Crippen LogP contribution in [0.4, 0.5) is 0 Å². The first-order chi connectivity index (χ1) is 10.2. The Hall–Kier alpha value is -1.11. The van der Waals surface area contributed by atoms with Crippen molar-refractivity contribution < 1.29 is 14.6 Å². The highest BCUT2D eigenvalue weighted by molar-refractivity contribution is 9.10. The number of hydrogen-bond donors (Lipinski definition) is 1. The van der Waals surface area contributed by atoms with Gasteiger partial charge in [-0.05, 0) is 47.0 Å². The molecule has 0 unspecified atom stereocenters. The molecule has 1 aromatic heterocycles. The molecule has 0 atom stereocenters. The molecule has 114 valence electrons. The van der Waals surface area contributed by atoms with Gasteiger partial charge in [-0.1, -0.05) is 6.92 Å². The quantitative estimate of drug-likeness (QED) is 0.800. The molecule has 4 nitrogen and oxygen atoms in total. The molecule has 0 saturated carbocycles. The minimum Gasteiger partial charge on any atom is -0.490 e. The molecule has 0 radical (unpaired) electrons. The van der Waals surface area contributed by atoms with Crippen LogP contribution in [0.1, 0.15) is 30.1 Å². The Morgan fingerprint density at radius 2 is 2.10 bits per heavy atom. The highest BCUT2D eigenvalue weighted by Crippen LogP contribution is 2.37. The Labute approximate surface area is 136 Å². The molecular formula is C15H18BrNO3S. The lowest BCUT2D eigenvalue weighted by molar-refractivity contribution is 0.260. The minimum atomic E-state index is -0.0368. The molecule has 0 spiro atoms. The molecule has 0 amide bonds. The van der Waals surface area contributed by atoms with Crippen LogP contribution in [0.5, 0.6) is 11.5 Å². The lowest BCUT2D eigenvalue weighted by atomic mass is 10.2. The lowest BCUT2D eigenvalue weighted by Crippen LogP contribution is -2.02. The number of halogens is 1. The molecule has 0 aliphatic carbocycles. The normalized spacial score (nSPS) is 10.7. The van der Waals surface area contributed by atoms with Crippen LogP contribution in [0.3, 0.4) is 0 Å². The highest BCUT2D eigenvalue weighted by atomic mass is 79.9. The van der Waals surface area contributed by atoms with Gasteiger partial charge in [-0.2, -0.15) is 0 Å². The number of rotatable bonds is 7. The monoisotopic (exact) mass is 371 g/mol. The average molecular weight is 372 g/mol. The Bertz CT molecular complexity index is 601. The number of aliphatic hydroxyl groups excluding tert-OH is 1. The SMILES string of the molecule is CCOc1cc(CO)cc(Br)c1OCc1csc(CC)n1. The van der Waals surface area contributed by atoms with E-state index in [0.29, 0.717) is 24.7 Å². The molecule has 2 aromatic rings. The van der Waals surface area contributed by atoms with Gasteiger partial charge in [0.25, 0.3) is 0 Å². The van der Waals surface area contributed by atoms with Crippen LogP contribution >= 0.6 is 27.3 Å². The van der Waals surface area contributed by atoms with Crippen LogP contribution in [0.15, 0.2) is 22.0 Å². The maximum atomic E-state index is 9.26. The number of nitrogens with zero attached hydrogens (tertiary/aromatic N) is 1. The average Bonchev–Trinajstić information content (AvgIpc) is 2.94. The molecule has 0 aliphatic heterocycles. The Balaban J connectivity index is 2.17. The fourth-order valence-electron chi connectivity index (χ4n) is 1.84. The van der Waals surface area contributed by atoms with Crippen LogP contribution in [0.2, 0.25) is 0 Å². The van der Waals surface area contributed by atoms with E-state index in [2.05, 4.69) is 27.8 Å². The first kappa shape index (κ1) is 16.3. The van der Waals surface area contributed by atoms with Gasteiger partial charge < -0.3 is 14.6 Å². The maximum Gasteiger partial charge on any atom is 0.175 e. The van der Waals surface area contributed by atoms with Crippen molar-refractivity contribution in [2.45, 2.75) is 33.5 Å². The lowest BCUT2D eigenvalue weighted by Gasteiger charge is -2.14. The van der Waals surface area contributed by atoms with Crippen LogP contribution in [-0.2, 0) is 19.6 Å². The molecule has 0 saturated heterocycles. The van der Waals surface area contributed by atoms with Gasteiger partial charge in [0.05, 0.1) is 28.4 Å². The zero-order chi connectivity index (χ0) is 15.2. The van der Waals surface area contributed by atoms with Gasteiger partial charge in [-0.15, -0.1) is 11.3 Å². The van der Waals surface area contributed by atoms with Gasteiger partial charge in [0.1, 0.15) is 6.61 Å². The summed E-state index contributed by atoms with van der Waals surface area (Å²) in [7, 11) is 0. The summed E-state index contributed by atoms with van der Waals surface area (Å²) in [5.41, 5.74) is 1.69. The first-order valence-electron chi connectivity index (χ1n) is 6.80. The summed E-state index contributed by atoms with van der Waals surface area (Å²) in [6, 6.07) is 3.62. The van der Waals surface area contributed by atoms with E-state index in [1.54, 1.807) is 17.4 Å². The van der Waals surface area contributed by atoms with Crippen molar-refractivity contribution in [3.05, 3.63) is 38.3 Å². The highest BCUT2D eigenvalue weighted by Gasteiger charge is 2.13. The summed E-state index contributed by atoms with van der Waals surface area (Å²) in [5.74, 6) is 1.27. The van der Waals surface area contributed by atoms with Gasteiger partial charge in [0, 0.05) is 5.38 Å². The van der Waals surface area contributed by atoms with Crippen LogP contribution in [-0.4, -0.2) is 16.7 Å². The minimum absolute atomic E-state index is 0.0368. The van der Waals surface area contributed by atoms with Crippen molar-refractivity contribution >= 4 is 27.3 Å². The van der Waals surface area contributed by atoms with Gasteiger partial charge >= 0.3 is 0 Å². The zero-order valence-electron chi connectivity index (χ0n) is 12.1. The summed E-state index contributed by atoms with van der Waals surface area (Å²) in [4.78, 5) is 4.48. The van der Waals surface area contributed by atoms with Crippen LogP contribution in [0.25, 0.3) is 0 Å². The molecule has 0 aliphatic rings. The molecule has 1 heterocycles. The van der Waals surface area contributed by atoms with E-state index in [9.17, 15) is 5.11 Å². The number of benzene rings is 1. The first-order valence-corrected chi connectivity index (χ1v) is 8.47. The smallest absolute Gasteiger partial charge is 0.175 e. The standard InChI is InChI=1S/C15H18BrNO3S/c1-3-14-17-11(9-21-14)8-20-15-12(16)5-10(7-18)6-13(15)19-4-2/h5-6,9,18H,3-4,7-8H2,1-2H3. The zero-order valence-corrected chi connectivity index (χ0v) is 14.5. The number of ether oxygens (including phenoxy) is 2. The third-order valence-electron chi connectivity index (χ3n) is 2.82. The van der Waals surface area contributed by atoms with Gasteiger partial charge in [0.15, 0.2) is 11.5 Å². The van der Waals surface area contributed by atoms with E-state index >= 15 is 0 Å². The van der Waals surface area contributed by atoms with Crippen molar-refractivity contribution in [1.29, 1.82) is 0 Å². The molecule has 0 bridgehead atoms.